The fourth-order valence-corrected chi connectivity index (χ4v) is 1.79. The Labute approximate surface area is 120 Å². The number of hydrogen-bond acceptors (Lipinski definition) is 3. The molecular weight excluding hydrogens is 254 g/mol. The molecule has 0 aliphatic rings. The second kappa shape index (κ2) is 9.13. The van der Waals surface area contributed by atoms with E-state index in [1.807, 2.05) is 31.2 Å². The van der Waals surface area contributed by atoms with Gasteiger partial charge in [-0.3, -0.25) is 9.59 Å². The number of aryl methyl sites for hydroxylation is 2. The van der Waals surface area contributed by atoms with Crippen LogP contribution in [0.4, 0.5) is 0 Å². The summed E-state index contributed by atoms with van der Waals surface area (Å²) in [5.41, 5.74) is 2.38. The summed E-state index contributed by atoms with van der Waals surface area (Å²) in [5, 5.41) is 2.82. The summed E-state index contributed by atoms with van der Waals surface area (Å²) in [6.07, 6.45) is 2.19. The molecule has 1 aromatic carbocycles. The van der Waals surface area contributed by atoms with Gasteiger partial charge in [0.25, 0.3) is 0 Å². The SMILES string of the molecule is CCOC(=O)CCCNC(=O)CCc1ccc(C)cc1. The highest BCUT2D eigenvalue weighted by molar-refractivity contribution is 5.76. The predicted molar refractivity (Wildman–Crippen MR) is 78.4 cm³/mol. The average Bonchev–Trinajstić information content (AvgIpc) is 2.43. The molecule has 20 heavy (non-hydrogen) atoms. The lowest BCUT2D eigenvalue weighted by molar-refractivity contribution is -0.143. The van der Waals surface area contributed by atoms with E-state index in [1.54, 1.807) is 6.92 Å². The van der Waals surface area contributed by atoms with E-state index in [9.17, 15) is 9.59 Å². The summed E-state index contributed by atoms with van der Waals surface area (Å²) in [7, 11) is 0. The van der Waals surface area contributed by atoms with Crippen molar-refractivity contribution in [1.29, 1.82) is 0 Å². The molecule has 4 nitrogen and oxygen atoms in total. The van der Waals surface area contributed by atoms with Gasteiger partial charge < -0.3 is 10.1 Å². The largest absolute Gasteiger partial charge is 0.466 e. The van der Waals surface area contributed by atoms with Crippen molar-refractivity contribution < 1.29 is 14.3 Å². The zero-order valence-electron chi connectivity index (χ0n) is 12.3. The van der Waals surface area contributed by atoms with E-state index in [2.05, 4.69) is 5.32 Å². The first-order valence-electron chi connectivity index (χ1n) is 7.09. The van der Waals surface area contributed by atoms with Crippen LogP contribution in [0.3, 0.4) is 0 Å². The Balaban J connectivity index is 2.11. The van der Waals surface area contributed by atoms with Crippen molar-refractivity contribution in [2.45, 2.75) is 39.5 Å². The first kappa shape index (κ1) is 16.2. The maximum Gasteiger partial charge on any atom is 0.305 e. The third-order valence-corrected chi connectivity index (χ3v) is 2.95. The molecule has 0 unspecified atom stereocenters. The van der Waals surface area contributed by atoms with Crippen molar-refractivity contribution in [3.05, 3.63) is 35.4 Å². The van der Waals surface area contributed by atoms with Gasteiger partial charge in [0.15, 0.2) is 0 Å². The lowest BCUT2D eigenvalue weighted by Gasteiger charge is -2.05. The van der Waals surface area contributed by atoms with Crippen LogP contribution in [0, 0.1) is 6.92 Å². The second-order valence-electron chi connectivity index (χ2n) is 4.74. The molecule has 0 fully saturated rings. The van der Waals surface area contributed by atoms with Gasteiger partial charge >= 0.3 is 5.97 Å². The van der Waals surface area contributed by atoms with Crippen molar-refractivity contribution in [3.63, 3.8) is 0 Å². The number of nitrogens with one attached hydrogen (secondary N) is 1. The van der Waals surface area contributed by atoms with Crippen molar-refractivity contribution >= 4 is 11.9 Å². The van der Waals surface area contributed by atoms with Crippen molar-refractivity contribution in [3.8, 4) is 0 Å². The van der Waals surface area contributed by atoms with Gasteiger partial charge in [0, 0.05) is 19.4 Å². The Hall–Kier alpha value is -1.84. The molecule has 1 aromatic rings. The Bertz CT molecular complexity index is 426. The van der Waals surface area contributed by atoms with Crippen LogP contribution >= 0.6 is 0 Å². The lowest BCUT2D eigenvalue weighted by atomic mass is 10.1. The van der Waals surface area contributed by atoms with E-state index in [1.165, 1.54) is 5.56 Å². The van der Waals surface area contributed by atoms with Gasteiger partial charge in [0.2, 0.25) is 5.91 Å². The van der Waals surface area contributed by atoms with E-state index in [4.69, 9.17) is 4.74 Å². The van der Waals surface area contributed by atoms with Crippen molar-refractivity contribution in [2.75, 3.05) is 13.2 Å². The highest BCUT2D eigenvalue weighted by atomic mass is 16.5. The molecule has 0 aromatic heterocycles. The molecule has 1 amide bonds. The average molecular weight is 277 g/mol. The molecule has 0 radical (unpaired) electrons. The predicted octanol–water partition coefficient (Wildman–Crippen LogP) is 2.39. The molecule has 0 heterocycles. The Kier molecular flexibility index (Phi) is 7.40. The lowest BCUT2D eigenvalue weighted by Crippen LogP contribution is -2.25. The highest BCUT2D eigenvalue weighted by Gasteiger charge is 2.04. The Morgan fingerprint density at radius 3 is 2.50 bits per heavy atom. The van der Waals surface area contributed by atoms with E-state index < -0.39 is 0 Å². The molecular formula is C16H23NO3. The molecule has 0 aliphatic heterocycles. The summed E-state index contributed by atoms with van der Waals surface area (Å²) >= 11 is 0. The van der Waals surface area contributed by atoms with Gasteiger partial charge in [-0.1, -0.05) is 29.8 Å². The molecule has 0 spiro atoms. The molecule has 110 valence electrons. The van der Waals surface area contributed by atoms with Gasteiger partial charge in [0.1, 0.15) is 0 Å². The molecule has 4 heteroatoms. The number of ether oxygens (including phenoxy) is 1. The van der Waals surface area contributed by atoms with Crippen LogP contribution in [-0.4, -0.2) is 25.0 Å². The molecule has 1 rings (SSSR count). The number of hydrogen-bond donors (Lipinski definition) is 1. The number of carbonyl (C=O) groups is 2. The van der Waals surface area contributed by atoms with Crippen molar-refractivity contribution in [2.24, 2.45) is 0 Å². The minimum absolute atomic E-state index is 0.0226. The minimum Gasteiger partial charge on any atom is -0.466 e. The topological polar surface area (TPSA) is 55.4 Å². The zero-order chi connectivity index (χ0) is 14.8. The van der Waals surface area contributed by atoms with Crippen LogP contribution in [0.25, 0.3) is 0 Å². The maximum absolute atomic E-state index is 11.6. The number of amides is 1. The maximum atomic E-state index is 11.6. The first-order valence-corrected chi connectivity index (χ1v) is 7.09. The fourth-order valence-electron chi connectivity index (χ4n) is 1.79. The summed E-state index contributed by atoms with van der Waals surface area (Å²) in [6, 6.07) is 8.19. The first-order chi connectivity index (χ1) is 9.61. The number of rotatable bonds is 8. The van der Waals surface area contributed by atoms with Crippen LogP contribution in [-0.2, 0) is 20.7 Å². The smallest absolute Gasteiger partial charge is 0.305 e. The molecule has 0 saturated carbocycles. The van der Waals surface area contributed by atoms with E-state index in [0.717, 1.165) is 12.0 Å². The summed E-state index contributed by atoms with van der Waals surface area (Å²) in [5.74, 6) is -0.184. The number of esters is 1. The van der Waals surface area contributed by atoms with Gasteiger partial charge in [-0.05, 0) is 32.3 Å². The Morgan fingerprint density at radius 1 is 1.15 bits per heavy atom. The van der Waals surface area contributed by atoms with Crippen LogP contribution in [0.1, 0.15) is 37.3 Å². The zero-order valence-corrected chi connectivity index (χ0v) is 12.3. The summed E-state index contributed by atoms with van der Waals surface area (Å²) in [6.45, 7) is 4.75. The van der Waals surface area contributed by atoms with E-state index in [0.29, 0.717) is 32.4 Å². The molecule has 0 bridgehead atoms. The Morgan fingerprint density at radius 2 is 1.85 bits per heavy atom. The number of carbonyl (C=O) groups excluding carboxylic acids is 2. The quantitative estimate of drug-likeness (QED) is 0.586. The monoisotopic (exact) mass is 277 g/mol. The molecule has 0 atom stereocenters. The van der Waals surface area contributed by atoms with Crippen LogP contribution in [0.5, 0.6) is 0 Å². The molecule has 1 N–H and O–H groups in total. The van der Waals surface area contributed by atoms with Gasteiger partial charge in [0.05, 0.1) is 6.61 Å². The molecule has 0 aliphatic carbocycles. The van der Waals surface area contributed by atoms with Crippen LogP contribution in [0.15, 0.2) is 24.3 Å². The van der Waals surface area contributed by atoms with E-state index >= 15 is 0 Å². The number of benzene rings is 1. The normalized spacial score (nSPS) is 10.1. The standard InChI is InChI=1S/C16H23NO3/c1-3-20-16(19)5-4-12-17-15(18)11-10-14-8-6-13(2)7-9-14/h6-9H,3-5,10-12H2,1-2H3,(H,17,18). The van der Waals surface area contributed by atoms with Crippen LogP contribution < -0.4 is 5.32 Å². The second-order valence-corrected chi connectivity index (χ2v) is 4.74. The van der Waals surface area contributed by atoms with E-state index in [-0.39, 0.29) is 11.9 Å². The molecule has 0 saturated heterocycles. The van der Waals surface area contributed by atoms with Gasteiger partial charge in [-0.2, -0.15) is 0 Å². The summed E-state index contributed by atoms with van der Waals surface area (Å²) in [4.78, 5) is 22.7. The summed E-state index contributed by atoms with van der Waals surface area (Å²) < 4.78 is 4.81. The third-order valence-electron chi connectivity index (χ3n) is 2.95. The van der Waals surface area contributed by atoms with Crippen LogP contribution in [0.2, 0.25) is 0 Å². The highest BCUT2D eigenvalue weighted by Crippen LogP contribution is 2.05. The van der Waals surface area contributed by atoms with Gasteiger partial charge in [-0.15, -0.1) is 0 Å². The van der Waals surface area contributed by atoms with Crippen molar-refractivity contribution in [1.82, 2.24) is 5.32 Å². The third kappa shape index (κ3) is 6.92. The minimum atomic E-state index is -0.207. The fraction of sp³-hybridized carbons (Fsp3) is 0.500. The van der Waals surface area contributed by atoms with Gasteiger partial charge in [-0.25, -0.2) is 0 Å².